The van der Waals surface area contributed by atoms with Crippen molar-refractivity contribution in [3.05, 3.63) is 33.0 Å². The summed E-state index contributed by atoms with van der Waals surface area (Å²) in [5, 5.41) is 17.1. The van der Waals surface area contributed by atoms with E-state index in [9.17, 15) is 14.7 Å². The fraction of sp³-hybridized carbons (Fsp3) is 0.640. The maximum absolute atomic E-state index is 13.1. The molecule has 5 rings (SSSR count). The van der Waals surface area contributed by atoms with Gasteiger partial charge in [-0.15, -0.1) is 22.7 Å². The van der Waals surface area contributed by atoms with Gasteiger partial charge in [-0.05, 0) is 60.8 Å². The summed E-state index contributed by atoms with van der Waals surface area (Å²) in [7, 11) is 0. The van der Waals surface area contributed by atoms with Gasteiger partial charge in [0.1, 0.15) is 0 Å². The molecule has 6 nitrogen and oxygen atoms in total. The Morgan fingerprint density at radius 1 is 1.33 bits per heavy atom. The average Bonchev–Trinajstić information content (AvgIpc) is 3.54. The highest BCUT2D eigenvalue weighted by molar-refractivity contribution is 7.16. The van der Waals surface area contributed by atoms with Crippen LogP contribution in [0.4, 0.5) is 5.13 Å². The molecule has 3 heterocycles. The summed E-state index contributed by atoms with van der Waals surface area (Å²) in [6, 6.07) is 3.68. The minimum Gasteiger partial charge on any atom is -0.392 e. The van der Waals surface area contributed by atoms with Gasteiger partial charge in [-0.25, -0.2) is 4.98 Å². The summed E-state index contributed by atoms with van der Waals surface area (Å²) >= 11 is 2.98. The summed E-state index contributed by atoms with van der Waals surface area (Å²) < 4.78 is 0. The summed E-state index contributed by atoms with van der Waals surface area (Å²) in [6.07, 6.45) is 4.37. The van der Waals surface area contributed by atoms with Crippen LogP contribution in [0.2, 0.25) is 0 Å². The number of aliphatic hydroxyl groups is 1. The highest BCUT2D eigenvalue weighted by Gasteiger charge is 2.54. The van der Waals surface area contributed by atoms with E-state index >= 15 is 0 Å². The van der Waals surface area contributed by atoms with Crippen molar-refractivity contribution in [3.63, 3.8) is 0 Å². The molecule has 33 heavy (non-hydrogen) atoms. The molecule has 2 aromatic rings. The number of hydrogen-bond donors (Lipinski definition) is 2. The maximum Gasteiger partial charge on any atom is 0.267 e. The standard InChI is InChI=1S/C25H33N3O3S2/c1-14(23(31)28-10-4-5-11-28)16-8-9-25(3)13-18-20(15(2)19(25)21(16)29)26-24(33-18)27-22(30)17-7-6-12-32-17/h6-7,12,14-16,19,21,29H,4-5,8-11,13H2,1-3H3,(H,26,27,30)/t14-,15+,16+,19+,21-,25+/m0/s1. The number of carbonyl (C=O) groups excluding carboxylic acids is 2. The molecule has 0 spiro atoms. The van der Waals surface area contributed by atoms with Crippen molar-refractivity contribution >= 4 is 39.6 Å². The molecular weight excluding hydrogens is 454 g/mol. The topological polar surface area (TPSA) is 82.5 Å². The zero-order valence-corrected chi connectivity index (χ0v) is 21.2. The molecule has 1 aliphatic heterocycles. The Kier molecular flexibility index (Phi) is 6.12. The fourth-order valence-electron chi connectivity index (χ4n) is 6.58. The van der Waals surface area contributed by atoms with Crippen LogP contribution in [0.5, 0.6) is 0 Å². The minimum absolute atomic E-state index is 0.0168. The van der Waals surface area contributed by atoms with E-state index in [0.29, 0.717) is 10.0 Å². The number of aliphatic hydroxyl groups excluding tert-OH is 1. The van der Waals surface area contributed by atoms with Gasteiger partial charge < -0.3 is 10.0 Å². The molecule has 2 amide bonds. The first-order valence-corrected chi connectivity index (χ1v) is 13.8. The number of carbonyl (C=O) groups is 2. The van der Waals surface area contributed by atoms with Gasteiger partial charge in [-0.2, -0.15) is 0 Å². The van der Waals surface area contributed by atoms with Crippen LogP contribution in [0.25, 0.3) is 0 Å². The van der Waals surface area contributed by atoms with Gasteiger partial charge >= 0.3 is 0 Å². The first kappa shape index (κ1) is 23.0. The van der Waals surface area contributed by atoms with Crippen molar-refractivity contribution < 1.29 is 14.7 Å². The zero-order valence-electron chi connectivity index (χ0n) is 19.5. The monoisotopic (exact) mass is 487 g/mol. The number of likely N-dealkylation sites (tertiary alicyclic amines) is 1. The highest BCUT2D eigenvalue weighted by atomic mass is 32.1. The molecule has 0 aromatic carbocycles. The van der Waals surface area contributed by atoms with E-state index < -0.39 is 6.10 Å². The quantitative estimate of drug-likeness (QED) is 0.651. The molecule has 2 fully saturated rings. The molecule has 6 atom stereocenters. The molecular formula is C25H33N3O3S2. The molecule has 2 aromatic heterocycles. The third kappa shape index (κ3) is 4.04. The number of rotatable bonds is 4. The SMILES string of the molecule is C[C@H](C(=O)N1CCCC1)[C@H]1CC[C@]2(C)Cc3sc(NC(=O)c4cccs4)nc3[C@H](C)[C@@H]2[C@H]1O. The van der Waals surface area contributed by atoms with Gasteiger partial charge in [0.2, 0.25) is 5.91 Å². The van der Waals surface area contributed by atoms with Crippen LogP contribution in [0.3, 0.4) is 0 Å². The first-order chi connectivity index (χ1) is 15.8. The van der Waals surface area contributed by atoms with Crippen molar-refractivity contribution in [1.82, 2.24) is 9.88 Å². The Morgan fingerprint density at radius 2 is 2.09 bits per heavy atom. The Balaban J connectivity index is 1.36. The second-order valence-corrected chi connectivity index (χ2v) is 12.4. The number of thiophene rings is 1. The lowest BCUT2D eigenvalue weighted by molar-refractivity contribution is -0.143. The third-order valence-electron chi connectivity index (χ3n) is 8.34. The number of hydrogen-bond acceptors (Lipinski definition) is 6. The van der Waals surface area contributed by atoms with E-state index in [2.05, 4.69) is 19.2 Å². The minimum atomic E-state index is -0.528. The number of amides is 2. The zero-order chi connectivity index (χ0) is 23.3. The van der Waals surface area contributed by atoms with Gasteiger partial charge in [0.05, 0.1) is 16.7 Å². The first-order valence-electron chi connectivity index (χ1n) is 12.1. The largest absolute Gasteiger partial charge is 0.392 e. The molecule has 8 heteroatoms. The molecule has 3 aliphatic rings. The summed E-state index contributed by atoms with van der Waals surface area (Å²) in [5.74, 6) is 0.0391. The predicted octanol–water partition coefficient (Wildman–Crippen LogP) is 4.77. The van der Waals surface area contributed by atoms with Crippen LogP contribution in [0, 0.1) is 23.2 Å². The van der Waals surface area contributed by atoms with Gasteiger partial charge in [0, 0.05) is 29.8 Å². The lowest BCUT2D eigenvalue weighted by Crippen LogP contribution is -2.53. The lowest BCUT2D eigenvalue weighted by atomic mass is 9.53. The van der Waals surface area contributed by atoms with Crippen molar-refractivity contribution in [3.8, 4) is 0 Å². The molecule has 2 aliphatic carbocycles. The number of fused-ring (bicyclic) bond motifs is 2. The van der Waals surface area contributed by atoms with Crippen LogP contribution >= 0.6 is 22.7 Å². The van der Waals surface area contributed by atoms with Gasteiger partial charge in [0.25, 0.3) is 5.91 Å². The Hall–Kier alpha value is -1.77. The molecule has 1 saturated carbocycles. The van der Waals surface area contributed by atoms with Crippen LogP contribution in [-0.2, 0) is 11.2 Å². The van der Waals surface area contributed by atoms with E-state index in [4.69, 9.17) is 4.98 Å². The second kappa shape index (κ2) is 8.78. The van der Waals surface area contributed by atoms with Crippen molar-refractivity contribution in [1.29, 1.82) is 0 Å². The van der Waals surface area contributed by atoms with Crippen molar-refractivity contribution in [2.24, 2.45) is 23.2 Å². The van der Waals surface area contributed by atoms with Crippen molar-refractivity contribution in [2.75, 3.05) is 18.4 Å². The smallest absolute Gasteiger partial charge is 0.267 e. The molecule has 0 unspecified atom stereocenters. The van der Waals surface area contributed by atoms with Crippen LogP contribution < -0.4 is 5.32 Å². The van der Waals surface area contributed by atoms with Gasteiger partial charge in [0.15, 0.2) is 5.13 Å². The number of aromatic nitrogens is 1. The molecule has 0 radical (unpaired) electrons. The van der Waals surface area contributed by atoms with E-state index in [1.165, 1.54) is 16.2 Å². The van der Waals surface area contributed by atoms with Gasteiger partial charge in [-0.3, -0.25) is 14.9 Å². The number of anilines is 1. The summed E-state index contributed by atoms with van der Waals surface area (Å²) in [5.41, 5.74) is 0.975. The lowest BCUT2D eigenvalue weighted by Gasteiger charge is -2.53. The number of nitrogens with one attached hydrogen (secondary N) is 1. The van der Waals surface area contributed by atoms with E-state index in [1.54, 1.807) is 11.3 Å². The fourth-order valence-corrected chi connectivity index (χ4v) is 8.45. The van der Waals surface area contributed by atoms with E-state index in [0.717, 1.165) is 50.9 Å². The molecule has 178 valence electrons. The Morgan fingerprint density at radius 3 is 2.79 bits per heavy atom. The van der Waals surface area contributed by atoms with Crippen LogP contribution in [0.1, 0.15) is 72.6 Å². The number of nitrogens with zero attached hydrogens (tertiary/aromatic N) is 2. The van der Waals surface area contributed by atoms with E-state index in [-0.39, 0.29) is 40.9 Å². The van der Waals surface area contributed by atoms with Crippen LogP contribution in [-0.4, -0.2) is 46.0 Å². The molecule has 1 saturated heterocycles. The summed E-state index contributed by atoms with van der Waals surface area (Å²) in [6.45, 7) is 8.16. The Bertz CT molecular complexity index is 1030. The maximum atomic E-state index is 13.1. The highest BCUT2D eigenvalue weighted by Crippen LogP contribution is 2.57. The molecule has 2 N–H and O–H groups in total. The van der Waals surface area contributed by atoms with Crippen molar-refractivity contribution in [2.45, 2.75) is 64.9 Å². The predicted molar refractivity (Wildman–Crippen MR) is 132 cm³/mol. The number of thiazole rings is 1. The Labute approximate surface area is 203 Å². The van der Waals surface area contributed by atoms with E-state index in [1.807, 2.05) is 29.3 Å². The third-order valence-corrected chi connectivity index (χ3v) is 10.2. The normalized spacial score (nSPS) is 32.2. The van der Waals surface area contributed by atoms with Gasteiger partial charge in [-0.1, -0.05) is 26.8 Å². The second-order valence-electron chi connectivity index (χ2n) is 10.4. The van der Waals surface area contributed by atoms with Crippen LogP contribution in [0.15, 0.2) is 17.5 Å². The molecule has 0 bridgehead atoms. The average molecular weight is 488 g/mol. The summed E-state index contributed by atoms with van der Waals surface area (Å²) in [4.78, 5) is 34.3.